The normalized spacial score (nSPS) is 12.6. The Labute approximate surface area is 176 Å². The van der Waals surface area contributed by atoms with Crippen LogP contribution in [0.3, 0.4) is 0 Å². The van der Waals surface area contributed by atoms with Crippen LogP contribution in [0.1, 0.15) is 51.5 Å². The predicted octanol–water partition coefficient (Wildman–Crippen LogP) is 6.09. The summed E-state index contributed by atoms with van der Waals surface area (Å²) in [5.41, 5.74) is 2.20. The topological polar surface area (TPSA) is 55.1 Å². The maximum Gasteiger partial charge on any atom is 0.416 e. The standard InChI is InChI=1S/C22H21F3N2O2S/c1-13(16-8-10-17(11-9-16)22(23,24)25)26-21(28)18-6-4-5-7-20(18)30-12-19-14(2)27-29-15(19)3/h4-11,13H,12H2,1-3H3,(H,26,28). The van der Waals surface area contributed by atoms with Gasteiger partial charge in [0, 0.05) is 16.2 Å². The molecule has 0 aliphatic rings. The molecule has 0 bridgehead atoms. The van der Waals surface area contributed by atoms with Crippen LogP contribution in [-0.4, -0.2) is 11.1 Å². The molecule has 1 amide bonds. The van der Waals surface area contributed by atoms with Crippen molar-refractivity contribution < 1.29 is 22.5 Å². The first-order chi connectivity index (χ1) is 14.2. The smallest absolute Gasteiger partial charge is 0.361 e. The molecule has 0 radical (unpaired) electrons. The van der Waals surface area contributed by atoms with E-state index in [9.17, 15) is 18.0 Å². The predicted molar refractivity (Wildman–Crippen MR) is 109 cm³/mol. The van der Waals surface area contributed by atoms with Crippen LogP contribution in [-0.2, 0) is 11.9 Å². The lowest BCUT2D eigenvalue weighted by molar-refractivity contribution is -0.137. The Hall–Kier alpha value is -2.74. The number of carbonyl (C=O) groups is 1. The number of aryl methyl sites for hydroxylation is 2. The van der Waals surface area contributed by atoms with E-state index in [1.807, 2.05) is 26.0 Å². The van der Waals surface area contributed by atoms with Gasteiger partial charge in [0.1, 0.15) is 5.76 Å². The van der Waals surface area contributed by atoms with Gasteiger partial charge >= 0.3 is 6.18 Å². The van der Waals surface area contributed by atoms with Crippen LogP contribution in [0.15, 0.2) is 57.9 Å². The molecule has 30 heavy (non-hydrogen) atoms. The third-order valence-corrected chi connectivity index (χ3v) is 5.87. The lowest BCUT2D eigenvalue weighted by atomic mass is 10.1. The molecule has 3 aromatic rings. The van der Waals surface area contributed by atoms with Crippen molar-refractivity contribution in [2.75, 3.05) is 0 Å². The summed E-state index contributed by atoms with van der Waals surface area (Å²) in [7, 11) is 0. The molecule has 2 aromatic carbocycles. The number of hydrogen-bond acceptors (Lipinski definition) is 4. The van der Waals surface area contributed by atoms with E-state index < -0.39 is 17.8 Å². The Kier molecular flexibility index (Phi) is 6.55. The summed E-state index contributed by atoms with van der Waals surface area (Å²) < 4.78 is 43.4. The molecule has 3 rings (SSSR count). The number of hydrogen-bond donors (Lipinski definition) is 1. The van der Waals surface area contributed by atoms with Gasteiger partial charge in [-0.3, -0.25) is 4.79 Å². The van der Waals surface area contributed by atoms with Gasteiger partial charge < -0.3 is 9.84 Å². The van der Waals surface area contributed by atoms with Crippen LogP contribution in [0, 0.1) is 13.8 Å². The van der Waals surface area contributed by atoms with Gasteiger partial charge in [-0.15, -0.1) is 11.8 Å². The third kappa shape index (κ3) is 5.05. The first-order valence-electron chi connectivity index (χ1n) is 9.28. The van der Waals surface area contributed by atoms with Crippen LogP contribution in [0.5, 0.6) is 0 Å². The van der Waals surface area contributed by atoms with Gasteiger partial charge in [0.25, 0.3) is 5.91 Å². The molecule has 1 aromatic heterocycles. The summed E-state index contributed by atoms with van der Waals surface area (Å²) in [4.78, 5) is 13.6. The van der Waals surface area contributed by atoms with Crippen LogP contribution in [0.4, 0.5) is 13.2 Å². The third-order valence-electron chi connectivity index (χ3n) is 4.77. The molecule has 0 spiro atoms. The monoisotopic (exact) mass is 434 g/mol. The van der Waals surface area contributed by atoms with E-state index in [1.165, 1.54) is 23.9 Å². The van der Waals surface area contributed by atoms with Crippen LogP contribution in [0.2, 0.25) is 0 Å². The van der Waals surface area contributed by atoms with Crippen molar-refractivity contribution in [2.24, 2.45) is 0 Å². The minimum Gasteiger partial charge on any atom is -0.361 e. The van der Waals surface area contributed by atoms with Gasteiger partial charge in [0.2, 0.25) is 0 Å². The second-order valence-corrected chi connectivity index (χ2v) is 7.92. The van der Waals surface area contributed by atoms with E-state index in [-0.39, 0.29) is 5.91 Å². The van der Waals surface area contributed by atoms with Crippen molar-refractivity contribution in [3.8, 4) is 0 Å². The summed E-state index contributed by atoms with van der Waals surface area (Å²) in [6, 6.07) is 11.6. The van der Waals surface area contributed by atoms with Gasteiger partial charge in [-0.05, 0) is 50.6 Å². The maximum absolute atomic E-state index is 12.8. The molecule has 0 fully saturated rings. The molecule has 1 N–H and O–H groups in total. The molecule has 0 saturated heterocycles. The number of thioether (sulfide) groups is 1. The number of carbonyl (C=O) groups excluding carboxylic acids is 1. The number of amides is 1. The van der Waals surface area contributed by atoms with Crippen molar-refractivity contribution in [3.05, 3.63) is 82.2 Å². The van der Waals surface area contributed by atoms with Crippen molar-refractivity contribution in [1.29, 1.82) is 0 Å². The number of halogens is 3. The molecule has 0 saturated carbocycles. The zero-order valence-corrected chi connectivity index (χ0v) is 17.5. The van der Waals surface area contributed by atoms with Gasteiger partial charge in [-0.2, -0.15) is 13.2 Å². The summed E-state index contributed by atoms with van der Waals surface area (Å²) in [5.74, 6) is 1.07. The molecular weight excluding hydrogens is 413 g/mol. The zero-order chi connectivity index (χ0) is 21.9. The molecule has 158 valence electrons. The fourth-order valence-corrected chi connectivity index (χ4v) is 4.16. The minimum absolute atomic E-state index is 0.288. The van der Waals surface area contributed by atoms with Gasteiger partial charge in [0.05, 0.1) is 22.9 Å². The Morgan fingerprint density at radius 2 is 1.80 bits per heavy atom. The number of nitrogens with one attached hydrogen (secondary N) is 1. The summed E-state index contributed by atoms with van der Waals surface area (Å²) >= 11 is 1.50. The molecule has 1 heterocycles. The second-order valence-electron chi connectivity index (χ2n) is 6.90. The largest absolute Gasteiger partial charge is 0.416 e. The van der Waals surface area contributed by atoms with Crippen molar-refractivity contribution in [1.82, 2.24) is 10.5 Å². The molecule has 4 nitrogen and oxygen atoms in total. The summed E-state index contributed by atoms with van der Waals surface area (Å²) in [6.07, 6.45) is -4.39. The zero-order valence-electron chi connectivity index (χ0n) is 16.7. The van der Waals surface area contributed by atoms with E-state index in [4.69, 9.17) is 4.52 Å². The highest BCUT2D eigenvalue weighted by Crippen LogP contribution is 2.31. The molecule has 1 atom stereocenters. The summed E-state index contributed by atoms with van der Waals surface area (Å²) in [5, 5.41) is 6.80. The van der Waals surface area contributed by atoms with E-state index in [2.05, 4.69) is 10.5 Å². The maximum atomic E-state index is 12.8. The second kappa shape index (κ2) is 8.95. The fraction of sp³-hybridized carbons (Fsp3) is 0.273. The highest BCUT2D eigenvalue weighted by Gasteiger charge is 2.30. The molecule has 0 aliphatic carbocycles. The highest BCUT2D eigenvalue weighted by molar-refractivity contribution is 7.98. The van der Waals surface area contributed by atoms with Crippen molar-refractivity contribution in [3.63, 3.8) is 0 Å². The van der Waals surface area contributed by atoms with E-state index >= 15 is 0 Å². The van der Waals surface area contributed by atoms with Crippen molar-refractivity contribution in [2.45, 2.75) is 43.6 Å². The Morgan fingerprint density at radius 3 is 2.40 bits per heavy atom. The SMILES string of the molecule is Cc1noc(C)c1CSc1ccccc1C(=O)NC(C)c1ccc(C(F)(F)F)cc1. The molecule has 0 aliphatic heterocycles. The number of rotatable bonds is 6. The number of benzene rings is 2. The average molecular weight is 434 g/mol. The first kappa shape index (κ1) is 22.0. The van der Waals surface area contributed by atoms with Crippen LogP contribution >= 0.6 is 11.8 Å². The molecule has 1 unspecified atom stereocenters. The molecular formula is C22H21F3N2O2S. The molecule has 8 heteroatoms. The van der Waals surface area contributed by atoms with Gasteiger partial charge in [-0.25, -0.2) is 0 Å². The number of aromatic nitrogens is 1. The van der Waals surface area contributed by atoms with E-state index in [0.717, 1.165) is 34.0 Å². The minimum atomic E-state index is -4.39. The quantitative estimate of drug-likeness (QED) is 0.477. The Morgan fingerprint density at radius 1 is 1.13 bits per heavy atom. The number of alkyl halides is 3. The lowest BCUT2D eigenvalue weighted by Crippen LogP contribution is -2.27. The number of nitrogens with zero attached hydrogens (tertiary/aromatic N) is 1. The Balaban J connectivity index is 1.71. The van der Waals surface area contributed by atoms with Crippen molar-refractivity contribution >= 4 is 17.7 Å². The van der Waals surface area contributed by atoms with Crippen LogP contribution in [0.25, 0.3) is 0 Å². The van der Waals surface area contributed by atoms with E-state index in [1.54, 1.807) is 19.1 Å². The van der Waals surface area contributed by atoms with E-state index in [0.29, 0.717) is 16.9 Å². The van der Waals surface area contributed by atoms with Crippen LogP contribution < -0.4 is 5.32 Å². The summed E-state index contributed by atoms with van der Waals surface area (Å²) in [6.45, 7) is 5.46. The van der Waals surface area contributed by atoms with Gasteiger partial charge in [0.15, 0.2) is 0 Å². The fourth-order valence-electron chi connectivity index (χ4n) is 2.96. The average Bonchev–Trinajstić information content (AvgIpc) is 3.03. The highest BCUT2D eigenvalue weighted by atomic mass is 32.2. The Bertz CT molecular complexity index is 1010. The van der Waals surface area contributed by atoms with Gasteiger partial charge in [-0.1, -0.05) is 29.4 Å². The lowest BCUT2D eigenvalue weighted by Gasteiger charge is -2.17. The first-order valence-corrected chi connectivity index (χ1v) is 10.3.